The van der Waals surface area contributed by atoms with Gasteiger partial charge in [0.25, 0.3) is 0 Å². The first-order valence-corrected chi connectivity index (χ1v) is 12.6. The Balaban J connectivity index is 1.47. The van der Waals surface area contributed by atoms with Crippen LogP contribution in [0, 0.1) is 5.41 Å². The van der Waals surface area contributed by atoms with E-state index in [1.807, 2.05) is 33.0 Å². The lowest BCUT2D eigenvalue weighted by Gasteiger charge is -2.34. The van der Waals surface area contributed by atoms with Crippen molar-refractivity contribution < 1.29 is 14.3 Å². The molecule has 1 saturated heterocycles. The molecule has 2 aliphatic heterocycles. The Labute approximate surface area is 207 Å². The average molecular weight is 481 g/mol. The number of benzene rings is 1. The Morgan fingerprint density at radius 3 is 2.63 bits per heavy atom. The predicted octanol–water partition coefficient (Wildman–Crippen LogP) is 3.82. The second-order valence-electron chi connectivity index (χ2n) is 10.3. The van der Waals surface area contributed by atoms with Crippen molar-refractivity contribution in [3.63, 3.8) is 0 Å². The summed E-state index contributed by atoms with van der Waals surface area (Å²) in [5.41, 5.74) is 2.15. The largest absolute Gasteiger partial charge is 0.494 e. The van der Waals surface area contributed by atoms with Crippen LogP contribution in [-0.2, 0) is 9.53 Å². The van der Waals surface area contributed by atoms with Crippen LogP contribution < -0.4 is 24.8 Å². The van der Waals surface area contributed by atoms with Gasteiger partial charge in [-0.2, -0.15) is 4.98 Å². The molecule has 1 N–H and O–H groups in total. The van der Waals surface area contributed by atoms with Crippen molar-refractivity contribution in [1.82, 2.24) is 9.97 Å². The van der Waals surface area contributed by atoms with Crippen LogP contribution >= 0.6 is 0 Å². The molecular weight excluding hydrogens is 444 g/mol. The fourth-order valence-electron chi connectivity index (χ4n) is 5.45. The fraction of sp³-hybridized carbons (Fsp3) is 0.577. The maximum atomic E-state index is 13.2. The van der Waals surface area contributed by atoms with E-state index in [9.17, 15) is 4.79 Å². The smallest absolute Gasteiger partial charge is 0.234 e. The van der Waals surface area contributed by atoms with Crippen molar-refractivity contribution in [1.29, 1.82) is 0 Å². The second-order valence-corrected chi connectivity index (χ2v) is 10.3. The monoisotopic (exact) mass is 480 g/mol. The minimum absolute atomic E-state index is 0.0870. The summed E-state index contributed by atoms with van der Waals surface area (Å²) in [6.07, 6.45) is 6.43. The number of aromatic nitrogens is 2. The molecule has 35 heavy (non-hydrogen) atoms. The molecular formula is C26H36N6O3. The molecule has 3 aliphatic rings. The molecule has 1 aromatic heterocycles. The van der Waals surface area contributed by atoms with E-state index in [1.54, 1.807) is 18.2 Å². The van der Waals surface area contributed by atoms with Crippen LogP contribution in [-0.4, -0.2) is 68.9 Å². The van der Waals surface area contributed by atoms with Crippen molar-refractivity contribution in [3.05, 3.63) is 24.4 Å². The van der Waals surface area contributed by atoms with Crippen molar-refractivity contribution >= 4 is 34.7 Å². The van der Waals surface area contributed by atoms with Gasteiger partial charge in [-0.1, -0.05) is 12.8 Å². The van der Waals surface area contributed by atoms with Crippen LogP contribution in [0.4, 0.5) is 28.8 Å². The highest BCUT2D eigenvalue weighted by Crippen LogP contribution is 2.41. The summed E-state index contributed by atoms with van der Waals surface area (Å²) < 4.78 is 11.2. The number of anilines is 5. The van der Waals surface area contributed by atoms with Gasteiger partial charge in [0.1, 0.15) is 11.4 Å². The lowest BCUT2D eigenvalue weighted by Crippen LogP contribution is -2.45. The van der Waals surface area contributed by atoms with Gasteiger partial charge in [-0.05, 0) is 38.8 Å². The first-order valence-electron chi connectivity index (χ1n) is 12.6. The maximum Gasteiger partial charge on any atom is 0.234 e. The molecule has 9 heteroatoms. The van der Waals surface area contributed by atoms with Gasteiger partial charge in [0.05, 0.1) is 37.6 Å². The van der Waals surface area contributed by atoms with Crippen LogP contribution in [0.25, 0.3) is 0 Å². The predicted molar refractivity (Wildman–Crippen MR) is 138 cm³/mol. The van der Waals surface area contributed by atoms with Crippen molar-refractivity contribution in [2.75, 3.05) is 67.0 Å². The molecule has 0 unspecified atom stereocenters. The normalized spacial score (nSPS) is 20.6. The van der Waals surface area contributed by atoms with E-state index in [0.29, 0.717) is 18.5 Å². The highest BCUT2D eigenvalue weighted by Gasteiger charge is 2.41. The molecule has 3 heterocycles. The maximum absolute atomic E-state index is 13.2. The first-order chi connectivity index (χ1) is 16.9. The Bertz CT molecular complexity index is 1080. The Morgan fingerprint density at radius 1 is 1.17 bits per heavy atom. The number of nitrogens with zero attached hydrogens (tertiary/aromatic N) is 5. The van der Waals surface area contributed by atoms with Crippen LogP contribution in [0.15, 0.2) is 24.4 Å². The number of morpholine rings is 1. The summed E-state index contributed by atoms with van der Waals surface area (Å²) >= 11 is 0. The molecule has 2 aromatic rings. The molecule has 0 bridgehead atoms. The van der Waals surface area contributed by atoms with Gasteiger partial charge < -0.3 is 29.5 Å². The van der Waals surface area contributed by atoms with Gasteiger partial charge in [-0.3, -0.25) is 4.79 Å². The third kappa shape index (κ3) is 4.61. The van der Waals surface area contributed by atoms with Gasteiger partial charge in [0.2, 0.25) is 11.9 Å². The minimum Gasteiger partial charge on any atom is -0.494 e. The molecule has 2 fully saturated rings. The number of hydrogen-bond acceptors (Lipinski definition) is 8. The van der Waals surface area contributed by atoms with E-state index in [-0.39, 0.29) is 5.91 Å². The number of carbonyl (C=O) groups is 1. The third-order valence-electron chi connectivity index (χ3n) is 7.41. The van der Waals surface area contributed by atoms with Crippen LogP contribution in [0.5, 0.6) is 5.75 Å². The lowest BCUT2D eigenvalue weighted by molar-refractivity contribution is -0.125. The summed E-state index contributed by atoms with van der Waals surface area (Å²) in [5.74, 6) is 2.13. The van der Waals surface area contributed by atoms with E-state index in [1.165, 1.54) is 12.8 Å². The number of methoxy groups -OCH3 is 1. The molecule has 0 radical (unpaired) electrons. The standard InChI is InChI=1S/C26H36N6O3/c1-26(2)17-32(18-7-5-6-8-18)23-21(30(3)24(26)33)16-27-25(29-23)28-20-10-9-19(15-22(20)34-4)31-11-13-35-14-12-31/h9-10,15-16,18H,5-8,11-14,17H2,1-4H3,(H,27,28,29). The van der Waals surface area contributed by atoms with Gasteiger partial charge in [0, 0.05) is 44.5 Å². The Morgan fingerprint density at radius 2 is 1.91 bits per heavy atom. The third-order valence-corrected chi connectivity index (χ3v) is 7.41. The highest BCUT2D eigenvalue weighted by molar-refractivity contribution is 6.00. The first kappa shape index (κ1) is 23.7. The quantitative estimate of drug-likeness (QED) is 0.692. The summed E-state index contributed by atoms with van der Waals surface area (Å²) in [4.78, 5) is 29.1. The van der Waals surface area contributed by atoms with Gasteiger partial charge >= 0.3 is 0 Å². The summed E-state index contributed by atoms with van der Waals surface area (Å²) in [5, 5.41) is 3.36. The van der Waals surface area contributed by atoms with Crippen molar-refractivity contribution in [2.24, 2.45) is 5.41 Å². The number of nitrogens with one attached hydrogen (secondary N) is 1. The summed E-state index contributed by atoms with van der Waals surface area (Å²) in [6, 6.07) is 6.51. The van der Waals surface area contributed by atoms with Crippen LogP contribution in [0.2, 0.25) is 0 Å². The molecule has 1 amide bonds. The Hall–Kier alpha value is -3.07. The summed E-state index contributed by atoms with van der Waals surface area (Å²) in [7, 11) is 3.50. The van der Waals surface area contributed by atoms with Gasteiger partial charge in [-0.15, -0.1) is 0 Å². The molecule has 9 nitrogen and oxygen atoms in total. The molecule has 1 aliphatic carbocycles. The zero-order valence-corrected chi connectivity index (χ0v) is 21.2. The van der Waals surface area contributed by atoms with E-state index >= 15 is 0 Å². The number of rotatable bonds is 5. The number of fused-ring (bicyclic) bond motifs is 1. The zero-order valence-electron chi connectivity index (χ0n) is 21.2. The Kier molecular flexibility index (Phi) is 6.44. The van der Waals surface area contributed by atoms with Crippen molar-refractivity contribution in [2.45, 2.75) is 45.6 Å². The fourth-order valence-corrected chi connectivity index (χ4v) is 5.45. The molecule has 0 spiro atoms. The molecule has 1 aromatic carbocycles. The number of ether oxygens (including phenoxy) is 2. The second kappa shape index (κ2) is 9.53. The average Bonchev–Trinajstić information content (AvgIpc) is 3.40. The lowest BCUT2D eigenvalue weighted by atomic mass is 9.91. The molecule has 5 rings (SSSR count). The van der Waals surface area contributed by atoms with Gasteiger partial charge in [-0.25, -0.2) is 4.98 Å². The topological polar surface area (TPSA) is 83.1 Å². The van der Waals surface area contributed by atoms with Gasteiger partial charge in [0.15, 0.2) is 5.82 Å². The van der Waals surface area contributed by atoms with E-state index in [0.717, 1.165) is 67.8 Å². The number of hydrogen-bond donors (Lipinski definition) is 1. The molecule has 0 atom stereocenters. The van der Waals surface area contributed by atoms with Crippen molar-refractivity contribution in [3.8, 4) is 5.75 Å². The number of carbonyl (C=O) groups excluding carboxylic acids is 1. The minimum atomic E-state index is -0.510. The van der Waals surface area contributed by atoms with Crippen LogP contribution in [0.1, 0.15) is 39.5 Å². The summed E-state index contributed by atoms with van der Waals surface area (Å²) in [6.45, 7) is 7.88. The van der Waals surface area contributed by atoms with E-state index in [2.05, 4.69) is 26.2 Å². The van der Waals surface area contributed by atoms with Crippen LogP contribution in [0.3, 0.4) is 0 Å². The SMILES string of the molecule is COc1cc(N2CCOCC2)ccc1Nc1ncc2c(n1)N(C1CCCC1)CC(C)(C)C(=O)N2C. The molecule has 1 saturated carbocycles. The van der Waals surface area contributed by atoms with E-state index in [4.69, 9.17) is 14.5 Å². The number of amides is 1. The zero-order chi connectivity index (χ0) is 24.6. The highest BCUT2D eigenvalue weighted by atomic mass is 16.5. The molecule has 188 valence electrons. The van der Waals surface area contributed by atoms with E-state index < -0.39 is 5.41 Å².